The van der Waals surface area contributed by atoms with Crippen LogP contribution in [0.3, 0.4) is 0 Å². The zero-order chi connectivity index (χ0) is 19.7. The molecule has 1 amide bonds. The number of thiocarbonyl (C=S) groups is 1. The summed E-state index contributed by atoms with van der Waals surface area (Å²) in [5.41, 5.74) is 4.97. The molecule has 1 aliphatic rings. The first-order chi connectivity index (χ1) is 12.8. The molecule has 1 heterocycles. The number of para-hydroxylation sites is 1. The highest BCUT2D eigenvalue weighted by atomic mass is 32.2. The topological polar surface area (TPSA) is 46.6 Å². The van der Waals surface area contributed by atoms with Crippen molar-refractivity contribution in [3.63, 3.8) is 0 Å². The summed E-state index contributed by atoms with van der Waals surface area (Å²) < 4.78 is 5.23. The number of benzene rings is 2. The molecule has 1 fully saturated rings. The fraction of sp³-hybridized carbons (Fsp3) is 0.190. The number of hydrogen-bond donors (Lipinski definition) is 0. The van der Waals surface area contributed by atoms with E-state index in [1.54, 1.807) is 24.3 Å². The summed E-state index contributed by atoms with van der Waals surface area (Å²) in [5.74, 6) is -0.730. The molecule has 2 aromatic carbocycles. The Morgan fingerprint density at radius 3 is 2.48 bits per heavy atom. The van der Waals surface area contributed by atoms with Crippen LogP contribution in [0.15, 0.2) is 47.4 Å². The molecule has 0 saturated carbocycles. The van der Waals surface area contributed by atoms with Crippen LogP contribution in [0, 0.1) is 13.8 Å². The van der Waals surface area contributed by atoms with Gasteiger partial charge in [-0.3, -0.25) is 9.69 Å². The minimum absolute atomic E-state index is 0.225. The van der Waals surface area contributed by atoms with Gasteiger partial charge in [-0.2, -0.15) is 0 Å². The summed E-state index contributed by atoms with van der Waals surface area (Å²) in [4.78, 5) is 27.2. The summed E-state index contributed by atoms with van der Waals surface area (Å²) >= 11 is 6.71. The van der Waals surface area contributed by atoms with Gasteiger partial charge >= 0.3 is 5.97 Å². The van der Waals surface area contributed by atoms with Crippen molar-refractivity contribution in [1.82, 2.24) is 0 Å². The summed E-state index contributed by atoms with van der Waals surface area (Å²) in [7, 11) is 1.31. The van der Waals surface area contributed by atoms with Gasteiger partial charge in [0.2, 0.25) is 0 Å². The Morgan fingerprint density at radius 1 is 1.11 bits per heavy atom. The summed E-state index contributed by atoms with van der Waals surface area (Å²) in [6, 6.07) is 12.9. The Bertz CT molecular complexity index is 995. The lowest BCUT2D eigenvalue weighted by Crippen LogP contribution is -2.29. The highest BCUT2D eigenvalue weighted by molar-refractivity contribution is 8.27. The van der Waals surface area contributed by atoms with Crippen molar-refractivity contribution in [3.8, 4) is 0 Å². The second-order valence-electron chi connectivity index (χ2n) is 6.27. The number of aryl methyl sites for hydroxylation is 2. The third-order valence-corrected chi connectivity index (χ3v) is 6.07. The van der Waals surface area contributed by atoms with E-state index in [2.05, 4.69) is 13.0 Å². The molecule has 1 saturated heterocycles. The Morgan fingerprint density at radius 2 is 1.81 bits per heavy atom. The Kier molecular flexibility index (Phi) is 5.48. The molecule has 1 aliphatic heterocycles. The lowest BCUT2D eigenvalue weighted by Gasteiger charge is -2.17. The second-order valence-corrected chi connectivity index (χ2v) is 7.91. The summed E-state index contributed by atoms with van der Waals surface area (Å²) in [5, 5.41) is 0. The van der Waals surface area contributed by atoms with Crippen LogP contribution < -0.4 is 4.90 Å². The predicted molar refractivity (Wildman–Crippen MR) is 114 cm³/mol. The third-order valence-electron chi connectivity index (χ3n) is 4.60. The average molecular weight is 398 g/mol. The maximum atomic E-state index is 13.2. The molecule has 0 bridgehead atoms. The van der Waals surface area contributed by atoms with Crippen molar-refractivity contribution >= 4 is 51.4 Å². The van der Waals surface area contributed by atoms with Gasteiger partial charge in [0, 0.05) is 0 Å². The van der Waals surface area contributed by atoms with E-state index in [0.29, 0.717) is 20.5 Å². The normalized spacial score (nSPS) is 15.9. The maximum Gasteiger partial charge on any atom is 0.339 e. The Labute approximate surface area is 168 Å². The minimum atomic E-state index is -0.505. The van der Waals surface area contributed by atoms with Gasteiger partial charge in [-0.05, 0) is 55.2 Å². The zero-order valence-corrected chi connectivity index (χ0v) is 17.2. The molecule has 3 rings (SSSR count). The van der Waals surface area contributed by atoms with Crippen LogP contribution in [-0.4, -0.2) is 23.3 Å². The largest absolute Gasteiger partial charge is 0.465 e. The zero-order valence-electron chi connectivity index (χ0n) is 15.5. The molecule has 0 atom stereocenters. The number of allylic oxidation sites excluding steroid dienone is 1. The van der Waals surface area contributed by atoms with Gasteiger partial charge in [0.1, 0.15) is 0 Å². The van der Waals surface area contributed by atoms with Crippen LogP contribution >= 0.6 is 24.0 Å². The van der Waals surface area contributed by atoms with Crippen LogP contribution in [0.5, 0.6) is 0 Å². The molecule has 6 heteroatoms. The molecule has 0 aromatic heterocycles. The molecular weight excluding hydrogens is 378 g/mol. The van der Waals surface area contributed by atoms with Crippen molar-refractivity contribution in [1.29, 1.82) is 0 Å². The number of ether oxygens (including phenoxy) is 1. The number of hydrogen-bond acceptors (Lipinski definition) is 5. The van der Waals surface area contributed by atoms with Crippen molar-refractivity contribution in [2.45, 2.75) is 20.8 Å². The highest BCUT2D eigenvalue weighted by Crippen LogP contribution is 2.40. The van der Waals surface area contributed by atoms with Crippen molar-refractivity contribution in [2.24, 2.45) is 0 Å². The van der Waals surface area contributed by atoms with Crippen LogP contribution in [-0.2, 0) is 9.53 Å². The molecule has 0 N–H and O–H groups in total. The first-order valence-electron chi connectivity index (χ1n) is 8.37. The molecule has 0 spiro atoms. The van der Waals surface area contributed by atoms with Crippen LogP contribution in [0.2, 0.25) is 0 Å². The summed E-state index contributed by atoms with van der Waals surface area (Å²) in [6.07, 6.45) is 0. The fourth-order valence-corrected chi connectivity index (χ4v) is 4.19. The van der Waals surface area contributed by atoms with Crippen molar-refractivity contribution < 1.29 is 14.3 Å². The van der Waals surface area contributed by atoms with E-state index < -0.39 is 5.97 Å². The lowest BCUT2D eigenvalue weighted by atomic mass is 10.0. The van der Waals surface area contributed by atoms with E-state index in [4.69, 9.17) is 17.0 Å². The number of amides is 1. The van der Waals surface area contributed by atoms with Gasteiger partial charge in [0.15, 0.2) is 4.32 Å². The number of carbonyl (C=O) groups is 2. The molecule has 2 aromatic rings. The van der Waals surface area contributed by atoms with Crippen LogP contribution in [0.25, 0.3) is 5.57 Å². The predicted octanol–water partition coefficient (Wildman–Crippen LogP) is 4.89. The number of methoxy groups -OCH3 is 1. The van der Waals surface area contributed by atoms with Gasteiger partial charge in [0.05, 0.1) is 23.3 Å². The number of anilines is 1. The van der Waals surface area contributed by atoms with Gasteiger partial charge < -0.3 is 4.74 Å². The minimum Gasteiger partial charge on any atom is -0.465 e. The monoisotopic (exact) mass is 397 g/mol. The number of thioether (sulfide) groups is 1. The van der Waals surface area contributed by atoms with E-state index in [1.807, 2.05) is 26.0 Å². The molecule has 4 nitrogen and oxygen atoms in total. The van der Waals surface area contributed by atoms with Crippen molar-refractivity contribution in [2.75, 3.05) is 12.0 Å². The van der Waals surface area contributed by atoms with Gasteiger partial charge in [0.25, 0.3) is 5.91 Å². The van der Waals surface area contributed by atoms with Crippen LogP contribution in [0.1, 0.15) is 34.0 Å². The SMILES string of the molecule is COC(=O)c1ccccc1N1C(=O)/C(=C(\C)c2ccc(C)c(C)c2)SC1=S. The lowest BCUT2D eigenvalue weighted by molar-refractivity contribution is -0.113. The molecule has 0 aliphatic carbocycles. The standard InChI is InChI=1S/C21H19NO3S2/c1-12-9-10-15(11-13(12)2)14(3)18-19(23)22(21(26)27-18)17-8-6-5-7-16(17)20(24)25-4/h5-11H,1-4H3/b18-14-. The molecule has 138 valence electrons. The van der Waals surface area contributed by atoms with E-state index >= 15 is 0 Å². The first-order valence-corrected chi connectivity index (χ1v) is 9.59. The van der Waals surface area contributed by atoms with Crippen LogP contribution in [0.4, 0.5) is 5.69 Å². The number of esters is 1. The van der Waals surface area contributed by atoms with Gasteiger partial charge in [-0.15, -0.1) is 0 Å². The number of carbonyl (C=O) groups excluding carboxylic acids is 2. The molecular formula is C21H19NO3S2. The second kappa shape index (κ2) is 7.66. The molecule has 0 radical (unpaired) electrons. The Hall–Kier alpha value is -2.44. The maximum absolute atomic E-state index is 13.2. The van der Waals surface area contributed by atoms with E-state index in [9.17, 15) is 9.59 Å². The number of nitrogens with zero attached hydrogens (tertiary/aromatic N) is 1. The summed E-state index contributed by atoms with van der Waals surface area (Å²) in [6.45, 7) is 6.02. The van der Waals surface area contributed by atoms with Crippen molar-refractivity contribution in [3.05, 3.63) is 69.6 Å². The molecule has 27 heavy (non-hydrogen) atoms. The van der Waals surface area contributed by atoms with E-state index in [1.165, 1.54) is 34.9 Å². The van der Waals surface area contributed by atoms with Gasteiger partial charge in [-0.25, -0.2) is 4.79 Å². The first kappa shape index (κ1) is 19.3. The quantitative estimate of drug-likeness (QED) is 0.419. The molecule has 0 unspecified atom stereocenters. The Balaban J connectivity index is 2.06. The average Bonchev–Trinajstić information content (AvgIpc) is 2.96. The highest BCUT2D eigenvalue weighted by Gasteiger charge is 2.36. The van der Waals surface area contributed by atoms with E-state index in [-0.39, 0.29) is 5.91 Å². The van der Waals surface area contributed by atoms with Gasteiger partial charge in [-0.1, -0.05) is 54.3 Å². The third kappa shape index (κ3) is 3.55. The fourth-order valence-electron chi connectivity index (χ4n) is 2.86. The van der Waals surface area contributed by atoms with E-state index in [0.717, 1.165) is 11.1 Å². The smallest absolute Gasteiger partial charge is 0.339 e. The number of rotatable bonds is 3.